The summed E-state index contributed by atoms with van der Waals surface area (Å²) >= 11 is 0. The summed E-state index contributed by atoms with van der Waals surface area (Å²) in [6.45, 7) is 2.27. The lowest BCUT2D eigenvalue weighted by Gasteiger charge is -2.10. The third-order valence-electron chi connectivity index (χ3n) is 3.32. The van der Waals surface area contributed by atoms with Crippen molar-refractivity contribution in [3.63, 3.8) is 0 Å². The highest BCUT2D eigenvalue weighted by Crippen LogP contribution is 2.20. The number of amides is 1. The summed E-state index contributed by atoms with van der Waals surface area (Å²) in [5, 5.41) is 2.72. The van der Waals surface area contributed by atoms with E-state index in [-0.39, 0.29) is 10.8 Å². The molecule has 7 heteroatoms. The monoisotopic (exact) mass is 348 g/mol. The quantitative estimate of drug-likeness (QED) is 0.805. The molecule has 1 amide bonds. The molecule has 0 aliphatic heterocycles. The fraction of sp³-hybridized carbons (Fsp3) is 0.235. The molecular formula is C17H20N2O4S. The number of carbonyl (C=O) groups excluding carboxylic acids is 1. The molecule has 0 spiro atoms. The number of sulfonamides is 1. The lowest BCUT2D eigenvalue weighted by Crippen LogP contribution is -2.24. The van der Waals surface area contributed by atoms with Gasteiger partial charge in [-0.3, -0.25) is 4.79 Å². The Morgan fingerprint density at radius 2 is 1.75 bits per heavy atom. The minimum absolute atomic E-state index is 0.159. The highest BCUT2D eigenvalue weighted by atomic mass is 32.2. The van der Waals surface area contributed by atoms with Gasteiger partial charge in [0.05, 0.1) is 17.6 Å². The van der Waals surface area contributed by atoms with Crippen LogP contribution in [-0.4, -0.2) is 28.0 Å². The first-order valence-corrected chi connectivity index (χ1v) is 9.00. The van der Waals surface area contributed by atoms with E-state index >= 15 is 0 Å². The number of carbonyl (C=O) groups is 1. The molecule has 0 saturated carbocycles. The lowest BCUT2D eigenvalue weighted by molar-refractivity contribution is 0.102. The van der Waals surface area contributed by atoms with Crippen LogP contribution in [-0.2, 0) is 10.0 Å². The molecule has 0 radical (unpaired) electrons. The van der Waals surface area contributed by atoms with Crippen molar-refractivity contribution in [1.29, 1.82) is 0 Å². The molecule has 0 aliphatic carbocycles. The maximum atomic E-state index is 12.3. The summed E-state index contributed by atoms with van der Waals surface area (Å²) in [6.07, 6.45) is 0.715. The van der Waals surface area contributed by atoms with Crippen LogP contribution in [0.15, 0.2) is 53.4 Å². The van der Waals surface area contributed by atoms with Gasteiger partial charge in [0.1, 0.15) is 5.75 Å². The minimum atomic E-state index is -3.51. The zero-order valence-electron chi connectivity index (χ0n) is 13.6. The Morgan fingerprint density at radius 1 is 1.08 bits per heavy atom. The highest BCUT2D eigenvalue weighted by Gasteiger charge is 2.14. The van der Waals surface area contributed by atoms with Gasteiger partial charge in [0.25, 0.3) is 5.91 Å². The van der Waals surface area contributed by atoms with Gasteiger partial charge in [0, 0.05) is 12.2 Å². The fourth-order valence-electron chi connectivity index (χ4n) is 2.07. The van der Waals surface area contributed by atoms with Crippen LogP contribution in [0.2, 0.25) is 0 Å². The van der Waals surface area contributed by atoms with Gasteiger partial charge >= 0.3 is 0 Å². The zero-order chi connectivity index (χ0) is 17.6. The summed E-state index contributed by atoms with van der Waals surface area (Å²) in [6, 6.07) is 12.9. The molecule has 2 aromatic rings. The SMILES string of the molecule is CCCNS(=O)(=O)c1ccc(NC(=O)c2ccccc2OC)cc1. The standard InChI is InChI=1S/C17H20N2O4S/c1-3-12-18-24(21,22)14-10-8-13(9-11-14)19-17(20)15-6-4-5-7-16(15)23-2/h4-11,18H,3,12H2,1-2H3,(H,19,20). The van der Waals surface area contributed by atoms with E-state index in [2.05, 4.69) is 10.0 Å². The van der Waals surface area contributed by atoms with Crippen molar-refractivity contribution in [3.05, 3.63) is 54.1 Å². The van der Waals surface area contributed by atoms with Crippen LogP contribution in [0.25, 0.3) is 0 Å². The van der Waals surface area contributed by atoms with E-state index in [9.17, 15) is 13.2 Å². The van der Waals surface area contributed by atoms with Crippen LogP contribution in [0.5, 0.6) is 5.75 Å². The number of para-hydroxylation sites is 1. The van der Waals surface area contributed by atoms with Crippen LogP contribution >= 0.6 is 0 Å². The summed E-state index contributed by atoms with van der Waals surface area (Å²) in [5.74, 6) is 0.144. The third-order valence-corrected chi connectivity index (χ3v) is 4.79. The number of benzene rings is 2. The van der Waals surface area contributed by atoms with Gasteiger partial charge in [0.2, 0.25) is 10.0 Å². The summed E-state index contributed by atoms with van der Waals surface area (Å²) in [4.78, 5) is 12.5. The van der Waals surface area contributed by atoms with E-state index in [1.54, 1.807) is 36.4 Å². The number of nitrogens with one attached hydrogen (secondary N) is 2. The van der Waals surface area contributed by atoms with Gasteiger partial charge in [-0.15, -0.1) is 0 Å². The van der Waals surface area contributed by atoms with Crippen molar-refractivity contribution >= 4 is 21.6 Å². The lowest BCUT2D eigenvalue weighted by atomic mass is 10.2. The topological polar surface area (TPSA) is 84.5 Å². The van der Waals surface area contributed by atoms with Crippen molar-refractivity contribution in [2.24, 2.45) is 0 Å². The van der Waals surface area contributed by atoms with Gasteiger partial charge < -0.3 is 10.1 Å². The Bertz CT molecular complexity index is 802. The van der Waals surface area contributed by atoms with Crippen molar-refractivity contribution in [2.75, 3.05) is 19.0 Å². The second kappa shape index (κ2) is 7.94. The largest absolute Gasteiger partial charge is 0.496 e. The molecule has 0 aliphatic rings. The maximum absolute atomic E-state index is 12.3. The maximum Gasteiger partial charge on any atom is 0.259 e. The van der Waals surface area contributed by atoms with Crippen LogP contribution in [0, 0.1) is 0 Å². The van der Waals surface area contributed by atoms with Gasteiger partial charge in [-0.05, 0) is 42.8 Å². The highest BCUT2D eigenvalue weighted by molar-refractivity contribution is 7.89. The predicted octanol–water partition coefficient (Wildman–Crippen LogP) is 2.64. The van der Waals surface area contributed by atoms with Crippen LogP contribution in [0.1, 0.15) is 23.7 Å². The number of anilines is 1. The number of ether oxygens (including phenoxy) is 1. The molecule has 0 bridgehead atoms. The predicted molar refractivity (Wildman–Crippen MR) is 92.9 cm³/mol. The Balaban J connectivity index is 2.13. The van der Waals surface area contributed by atoms with Gasteiger partial charge in [0.15, 0.2) is 0 Å². The molecule has 0 saturated heterocycles. The third kappa shape index (κ3) is 4.33. The Labute approximate surface area is 141 Å². The van der Waals surface area contributed by atoms with E-state index in [0.29, 0.717) is 30.0 Å². The molecular weight excluding hydrogens is 328 g/mol. The second-order valence-corrected chi connectivity index (χ2v) is 6.84. The van der Waals surface area contributed by atoms with Crippen LogP contribution < -0.4 is 14.8 Å². The van der Waals surface area contributed by atoms with Crippen molar-refractivity contribution in [1.82, 2.24) is 4.72 Å². The van der Waals surface area contributed by atoms with Gasteiger partial charge in [-0.1, -0.05) is 19.1 Å². The van der Waals surface area contributed by atoms with E-state index in [1.165, 1.54) is 19.2 Å². The fourth-order valence-corrected chi connectivity index (χ4v) is 3.20. The molecule has 2 N–H and O–H groups in total. The number of hydrogen-bond acceptors (Lipinski definition) is 4. The van der Waals surface area contributed by atoms with Gasteiger partial charge in [-0.2, -0.15) is 0 Å². The van der Waals surface area contributed by atoms with E-state index in [0.717, 1.165) is 0 Å². The molecule has 6 nitrogen and oxygen atoms in total. The average Bonchev–Trinajstić information content (AvgIpc) is 2.60. The Kier molecular flexibility index (Phi) is 5.94. The number of hydrogen-bond donors (Lipinski definition) is 2. The first-order chi connectivity index (χ1) is 11.5. The Hall–Kier alpha value is -2.38. The normalized spacial score (nSPS) is 11.1. The summed E-state index contributed by atoms with van der Waals surface area (Å²) in [7, 11) is -2.02. The van der Waals surface area contributed by atoms with Crippen molar-refractivity contribution in [2.45, 2.75) is 18.2 Å². The second-order valence-electron chi connectivity index (χ2n) is 5.08. The molecule has 2 rings (SSSR count). The molecule has 0 heterocycles. The molecule has 2 aromatic carbocycles. The molecule has 0 atom stereocenters. The zero-order valence-corrected chi connectivity index (χ0v) is 14.4. The van der Waals surface area contributed by atoms with E-state index in [1.807, 2.05) is 6.92 Å². The van der Waals surface area contributed by atoms with E-state index < -0.39 is 10.0 Å². The smallest absolute Gasteiger partial charge is 0.259 e. The molecule has 24 heavy (non-hydrogen) atoms. The minimum Gasteiger partial charge on any atom is -0.496 e. The molecule has 128 valence electrons. The summed E-state index contributed by atoms with van der Waals surface area (Å²) < 4.78 is 31.7. The number of methoxy groups -OCH3 is 1. The van der Waals surface area contributed by atoms with Crippen molar-refractivity contribution in [3.8, 4) is 5.75 Å². The van der Waals surface area contributed by atoms with Gasteiger partial charge in [-0.25, -0.2) is 13.1 Å². The van der Waals surface area contributed by atoms with Crippen LogP contribution in [0.3, 0.4) is 0 Å². The molecule has 0 aromatic heterocycles. The number of rotatable bonds is 7. The Morgan fingerprint density at radius 3 is 2.38 bits per heavy atom. The van der Waals surface area contributed by atoms with Crippen molar-refractivity contribution < 1.29 is 17.9 Å². The summed E-state index contributed by atoms with van der Waals surface area (Å²) in [5.41, 5.74) is 0.904. The van der Waals surface area contributed by atoms with E-state index in [4.69, 9.17) is 4.74 Å². The van der Waals surface area contributed by atoms with Crippen LogP contribution in [0.4, 0.5) is 5.69 Å². The molecule has 0 unspecified atom stereocenters. The molecule has 0 fully saturated rings. The first-order valence-electron chi connectivity index (χ1n) is 7.52. The average molecular weight is 348 g/mol. The first kappa shape index (κ1) is 18.0.